The Hall–Kier alpha value is -4.09. The van der Waals surface area contributed by atoms with E-state index in [9.17, 15) is 4.55 Å². The van der Waals surface area contributed by atoms with Crippen molar-refractivity contribution in [1.82, 2.24) is 25.1 Å². The Morgan fingerprint density at radius 1 is 1.02 bits per heavy atom. The van der Waals surface area contributed by atoms with Gasteiger partial charge in [-0.1, -0.05) is 53.5 Å². The summed E-state index contributed by atoms with van der Waals surface area (Å²) in [6.45, 7) is 13.0. The van der Waals surface area contributed by atoms with E-state index in [0.29, 0.717) is 33.1 Å². The van der Waals surface area contributed by atoms with Gasteiger partial charge in [0.05, 0.1) is 16.6 Å². The fourth-order valence-corrected chi connectivity index (χ4v) is 12.2. The third-order valence-electron chi connectivity index (χ3n) is 8.72. The summed E-state index contributed by atoms with van der Waals surface area (Å²) < 4.78 is 56.1. The number of hydrogen-bond donors (Lipinski definition) is 2. The number of aromatic nitrogens is 5. The van der Waals surface area contributed by atoms with E-state index < -0.39 is 30.9 Å². The number of pyridine rings is 1. The smallest absolute Gasteiger partial charge is 0.343 e. The average Bonchev–Trinajstić information content (AvgIpc) is 3.45. The number of anilines is 1. The van der Waals surface area contributed by atoms with Gasteiger partial charge in [0, 0.05) is 41.6 Å². The van der Waals surface area contributed by atoms with Crippen molar-refractivity contribution in [2.45, 2.75) is 63.3 Å². The Kier molecular flexibility index (Phi) is 9.88. The molecule has 0 aliphatic rings. The molecule has 1 unspecified atom stereocenters. The monoisotopic (exact) mass is 676 g/mol. The molecule has 3 heterocycles. The SMILES string of the molecule is COCOc1cc(-c2nc(-c3n[nH]cc3N)c3cnc([S+](C)[O-])nc3c2F)c2c(C#C[Si](C(C)C)(C(C)C)C(C)C)c(F)ccc2c1. The van der Waals surface area contributed by atoms with Gasteiger partial charge in [0.15, 0.2) is 12.6 Å². The molecule has 1 atom stereocenters. The molecule has 0 bridgehead atoms. The molecule has 3 N–H and O–H groups in total. The van der Waals surface area contributed by atoms with Crippen molar-refractivity contribution in [3.8, 4) is 39.9 Å². The molecule has 9 nitrogen and oxygen atoms in total. The highest BCUT2D eigenvalue weighted by Crippen LogP contribution is 2.43. The minimum Gasteiger partial charge on any atom is -0.609 e. The number of fused-ring (bicyclic) bond motifs is 2. The number of nitrogens with zero attached hydrogens (tertiary/aromatic N) is 4. The predicted octanol–water partition coefficient (Wildman–Crippen LogP) is 7.39. The van der Waals surface area contributed by atoms with Crippen LogP contribution >= 0.6 is 0 Å². The second-order valence-corrected chi connectivity index (χ2v) is 19.2. The number of aromatic amines is 1. The minimum atomic E-state index is -2.29. The van der Waals surface area contributed by atoms with Gasteiger partial charge in [-0.25, -0.2) is 13.8 Å². The molecule has 0 spiro atoms. The minimum absolute atomic E-state index is 0.0634. The molecule has 0 saturated carbocycles. The van der Waals surface area contributed by atoms with Crippen LogP contribution in [-0.4, -0.2) is 57.9 Å². The molecule has 0 saturated heterocycles. The van der Waals surface area contributed by atoms with Crippen LogP contribution in [0.2, 0.25) is 16.6 Å². The van der Waals surface area contributed by atoms with Crippen molar-refractivity contribution in [3.05, 3.63) is 53.9 Å². The van der Waals surface area contributed by atoms with E-state index in [1.165, 1.54) is 31.8 Å². The van der Waals surface area contributed by atoms with Gasteiger partial charge in [-0.15, -0.1) is 5.54 Å². The first-order valence-electron chi connectivity index (χ1n) is 15.2. The molecule has 5 rings (SSSR count). The second-order valence-electron chi connectivity index (χ2n) is 12.4. The van der Waals surface area contributed by atoms with Crippen LogP contribution in [0.3, 0.4) is 0 Å². The molecule has 0 amide bonds. The molecule has 13 heteroatoms. The molecule has 5 aromatic rings. The van der Waals surface area contributed by atoms with Gasteiger partial charge < -0.3 is 19.8 Å². The standard InChI is InChI=1S/C34H38F2N6O3SSi/c1-18(2)47(19(3)4,20(5)6)12-11-23-26(35)10-9-21-13-22(45-17-44-7)14-24(28(21)23)30-29(36)31-25(15-38-34(41-31)46(8)43)32(40-30)33-27(37)16-39-42-33/h9-10,13-16,18-20H,17,37H2,1-8H3,(H,39,42). The Balaban J connectivity index is 1.94. The van der Waals surface area contributed by atoms with E-state index in [0.717, 1.165) is 0 Å². The lowest BCUT2D eigenvalue weighted by Crippen LogP contribution is -2.43. The quantitative estimate of drug-likeness (QED) is 0.0543. The number of nitrogens with one attached hydrogen (secondary N) is 1. The van der Waals surface area contributed by atoms with Crippen molar-refractivity contribution in [1.29, 1.82) is 0 Å². The average molecular weight is 677 g/mol. The highest BCUT2D eigenvalue weighted by Gasteiger charge is 2.42. The summed E-state index contributed by atoms with van der Waals surface area (Å²) in [4.78, 5) is 13.2. The van der Waals surface area contributed by atoms with E-state index in [1.54, 1.807) is 18.2 Å². The Bertz CT molecular complexity index is 2000. The van der Waals surface area contributed by atoms with Crippen LogP contribution in [0.5, 0.6) is 5.75 Å². The van der Waals surface area contributed by atoms with E-state index in [-0.39, 0.29) is 56.7 Å². The maximum atomic E-state index is 16.9. The third kappa shape index (κ3) is 6.18. The van der Waals surface area contributed by atoms with Crippen molar-refractivity contribution < 1.29 is 22.8 Å². The largest absolute Gasteiger partial charge is 0.609 e. The normalized spacial score (nSPS) is 12.7. The summed E-state index contributed by atoms with van der Waals surface area (Å²) in [5.41, 5.74) is 11.5. The zero-order valence-electron chi connectivity index (χ0n) is 27.7. The maximum Gasteiger partial charge on any atom is 0.343 e. The molecule has 3 aromatic heterocycles. The lowest BCUT2D eigenvalue weighted by Gasteiger charge is -2.38. The highest BCUT2D eigenvalue weighted by atomic mass is 32.2. The number of nitrogens with two attached hydrogens (primary N) is 1. The fraction of sp³-hybridized carbons (Fsp3) is 0.353. The number of nitrogen functional groups attached to an aromatic ring is 1. The number of benzene rings is 2. The lowest BCUT2D eigenvalue weighted by molar-refractivity contribution is 0.0512. The first kappa shape index (κ1) is 34.2. The summed E-state index contributed by atoms with van der Waals surface area (Å²) in [5.74, 6) is 2.24. The van der Waals surface area contributed by atoms with Gasteiger partial charge in [0.2, 0.25) is 0 Å². The van der Waals surface area contributed by atoms with Crippen LogP contribution in [0.4, 0.5) is 14.5 Å². The van der Waals surface area contributed by atoms with Crippen molar-refractivity contribution in [3.63, 3.8) is 0 Å². The van der Waals surface area contributed by atoms with Crippen molar-refractivity contribution >= 4 is 46.6 Å². The first-order chi connectivity index (χ1) is 22.3. The molecule has 0 fully saturated rings. The molecule has 0 aliphatic carbocycles. The van der Waals surface area contributed by atoms with Gasteiger partial charge in [0.1, 0.15) is 48.5 Å². The van der Waals surface area contributed by atoms with Crippen LogP contribution in [-0.2, 0) is 15.9 Å². The zero-order chi connectivity index (χ0) is 34.2. The maximum absolute atomic E-state index is 16.9. The fourth-order valence-electron chi connectivity index (χ4n) is 6.56. The number of ether oxygens (including phenoxy) is 2. The zero-order valence-corrected chi connectivity index (χ0v) is 29.5. The molecule has 0 radical (unpaired) electrons. The topological polar surface area (TPSA) is 135 Å². The van der Waals surface area contributed by atoms with Gasteiger partial charge in [-0.3, -0.25) is 5.10 Å². The number of hydrogen-bond acceptors (Lipinski definition) is 8. The number of H-pyrrole nitrogens is 1. The Labute approximate surface area is 276 Å². The first-order valence-corrected chi connectivity index (χ1v) is 19.0. The summed E-state index contributed by atoms with van der Waals surface area (Å²) in [7, 11) is -0.806. The van der Waals surface area contributed by atoms with Gasteiger partial charge in [-0.2, -0.15) is 15.1 Å². The molecular formula is C34H38F2N6O3SSi. The van der Waals surface area contributed by atoms with E-state index in [4.69, 9.17) is 20.2 Å². The molecule has 2 aromatic carbocycles. The van der Waals surface area contributed by atoms with Gasteiger partial charge in [0.25, 0.3) is 0 Å². The van der Waals surface area contributed by atoms with Crippen LogP contribution < -0.4 is 10.5 Å². The van der Waals surface area contributed by atoms with Gasteiger partial charge in [-0.05, 0) is 40.2 Å². The van der Waals surface area contributed by atoms with Crippen LogP contribution in [0.1, 0.15) is 47.1 Å². The van der Waals surface area contributed by atoms with E-state index in [1.807, 2.05) is 0 Å². The predicted molar refractivity (Wildman–Crippen MR) is 185 cm³/mol. The van der Waals surface area contributed by atoms with Crippen LogP contribution in [0.15, 0.2) is 41.8 Å². The summed E-state index contributed by atoms with van der Waals surface area (Å²) in [6, 6.07) is 6.27. The number of halogens is 2. The number of methoxy groups -OCH3 is 1. The van der Waals surface area contributed by atoms with Crippen molar-refractivity contribution in [2.24, 2.45) is 0 Å². The summed E-state index contributed by atoms with van der Waals surface area (Å²) in [5, 5.41) is 8.02. The van der Waals surface area contributed by atoms with Crippen LogP contribution in [0.25, 0.3) is 44.3 Å². The molecule has 47 heavy (non-hydrogen) atoms. The molecule has 0 aliphatic heterocycles. The second kappa shape index (κ2) is 13.6. The number of rotatable bonds is 9. The Morgan fingerprint density at radius 3 is 2.32 bits per heavy atom. The molecular weight excluding hydrogens is 639 g/mol. The highest BCUT2D eigenvalue weighted by molar-refractivity contribution is 7.90. The third-order valence-corrected chi connectivity index (χ3v) is 15.7. The van der Waals surface area contributed by atoms with Gasteiger partial charge >= 0.3 is 5.16 Å². The summed E-state index contributed by atoms with van der Waals surface area (Å²) >= 11 is -1.61. The Morgan fingerprint density at radius 2 is 1.72 bits per heavy atom. The molecule has 246 valence electrons. The van der Waals surface area contributed by atoms with E-state index in [2.05, 4.69) is 73.2 Å². The summed E-state index contributed by atoms with van der Waals surface area (Å²) in [6.07, 6.45) is 4.23. The van der Waals surface area contributed by atoms with Crippen LogP contribution in [0, 0.1) is 23.1 Å². The van der Waals surface area contributed by atoms with Crippen molar-refractivity contribution in [2.75, 3.05) is 25.9 Å². The van der Waals surface area contributed by atoms with E-state index >= 15 is 8.78 Å². The lowest BCUT2D eigenvalue weighted by atomic mass is 9.95.